The van der Waals surface area contributed by atoms with E-state index in [9.17, 15) is 4.79 Å². The first-order valence-corrected chi connectivity index (χ1v) is 5.68. The van der Waals surface area contributed by atoms with Gasteiger partial charge in [0.15, 0.2) is 0 Å². The number of ether oxygens (including phenoxy) is 1. The lowest BCUT2D eigenvalue weighted by Gasteiger charge is -2.30. The number of piperidine rings is 1. The smallest absolute Gasteiger partial charge is 0.237 e. The summed E-state index contributed by atoms with van der Waals surface area (Å²) in [5, 5.41) is 6.22. The van der Waals surface area contributed by atoms with Gasteiger partial charge in [0.1, 0.15) is 0 Å². The summed E-state index contributed by atoms with van der Waals surface area (Å²) in [5.41, 5.74) is 0. The predicted octanol–water partition coefficient (Wildman–Crippen LogP) is 0.526. The molecule has 0 aromatic rings. The van der Waals surface area contributed by atoms with Gasteiger partial charge in [0.2, 0.25) is 5.91 Å². The van der Waals surface area contributed by atoms with Crippen LogP contribution in [-0.4, -0.2) is 38.3 Å². The SMILES string of the molecule is COCC(C)NC(=O)C1NCCCC1C. The minimum Gasteiger partial charge on any atom is -0.383 e. The zero-order chi connectivity index (χ0) is 11.3. The van der Waals surface area contributed by atoms with E-state index in [0.717, 1.165) is 13.0 Å². The number of hydrogen-bond acceptors (Lipinski definition) is 3. The Labute approximate surface area is 91.8 Å². The predicted molar refractivity (Wildman–Crippen MR) is 59.7 cm³/mol. The van der Waals surface area contributed by atoms with Crippen molar-refractivity contribution in [2.45, 2.75) is 38.8 Å². The molecule has 1 saturated heterocycles. The van der Waals surface area contributed by atoms with Crippen LogP contribution in [0.15, 0.2) is 0 Å². The Morgan fingerprint density at radius 3 is 3.00 bits per heavy atom. The monoisotopic (exact) mass is 214 g/mol. The van der Waals surface area contributed by atoms with Gasteiger partial charge in [0.25, 0.3) is 0 Å². The van der Waals surface area contributed by atoms with Crippen LogP contribution in [-0.2, 0) is 9.53 Å². The second-order valence-electron chi connectivity index (χ2n) is 4.42. The van der Waals surface area contributed by atoms with Crippen LogP contribution in [0.5, 0.6) is 0 Å². The van der Waals surface area contributed by atoms with Gasteiger partial charge >= 0.3 is 0 Å². The van der Waals surface area contributed by atoms with Gasteiger partial charge in [-0.25, -0.2) is 0 Å². The largest absolute Gasteiger partial charge is 0.383 e. The molecule has 1 heterocycles. The summed E-state index contributed by atoms with van der Waals surface area (Å²) in [5.74, 6) is 0.528. The molecular weight excluding hydrogens is 192 g/mol. The van der Waals surface area contributed by atoms with Crippen LogP contribution in [0, 0.1) is 5.92 Å². The van der Waals surface area contributed by atoms with Gasteiger partial charge < -0.3 is 15.4 Å². The second kappa shape index (κ2) is 6.08. The first-order chi connectivity index (χ1) is 7.15. The molecule has 0 aromatic heterocycles. The van der Waals surface area contributed by atoms with E-state index >= 15 is 0 Å². The Kier molecular flexibility index (Phi) is 5.05. The maximum Gasteiger partial charge on any atom is 0.237 e. The van der Waals surface area contributed by atoms with Crippen LogP contribution in [0.2, 0.25) is 0 Å². The Balaban J connectivity index is 2.37. The third-order valence-corrected chi connectivity index (χ3v) is 2.86. The van der Waals surface area contributed by atoms with E-state index in [2.05, 4.69) is 17.6 Å². The quantitative estimate of drug-likeness (QED) is 0.717. The number of carbonyl (C=O) groups is 1. The number of rotatable bonds is 4. The molecule has 1 fully saturated rings. The van der Waals surface area contributed by atoms with E-state index in [-0.39, 0.29) is 18.0 Å². The lowest BCUT2D eigenvalue weighted by molar-refractivity contribution is -0.125. The summed E-state index contributed by atoms with van der Waals surface area (Å²) in [6.45, 7) is 5.58. The molecule has 3 unspecified atom stereocenters. The summed E-state index contributed by atoms with van der Waals surface area (Å²) >= 11 is 0. The molecule has 4 nitrogen and oxygen atoms in total. The average molecular weight is 214 g/mol. The van der Waals surface area contributed by atoms with Gasteiger partial charge in [-0.15, -0.1) is 0 Å². The molecule has 1 aliphatic rings. The summed E-state index contributed by atoms with van der Waals surface area (Å²) in [7, 11) is 1.64. The average Bonchev–Trinajstić information content (AvgIpc) is 2.18. The number of nitrogens with one attached hydrogen (secondary N) is 2. The highest BCUT2D eigenvalue weighted by Gasteiger charge is 2.27. The third-order valence-electron chi connectivity index (χ3n) is 2.86. The van der Waals surface area contributed by atoms with Crippen LogP contribution in [0.1, 0.15) is 26.7 Å². The molecule has 0 radical (unpaired) electrons. The van der Waals surface area contributed by atoms with Crippen LogP contribution >= 0.6 is 0 Å². The minimum absolute atomic E-state index is 0.0296. The number of carbonyl (C=O) groups excluding carboxylic acids is 1. The van der Waals surface area contributed by atoms with E-state index < -0.39 is 0 Å². The van der Waals surface area contributed by atoms with E-state index in [4.69, 9.17) is 4.74 Å². The molecule has 4 heteroatoms. The Bertz CT molecular complexity index is 209. The standard InChI is InChI=1S/C11H22N2O2/c1-8-5-4-6-12-10(8)11(14)13-9(2)7-15-3/h8-10,12H,4-7H2,1-3H3,(H,13,14). The number of methoxy groups -OCH3 is 1. The van der Waals surface area contributed by atoms with Gasteiger partial charge in [-0.1, -0.05) is 6.92 Å². The van der Waals surface area contributed by atoms with E-state index in [1.54, 1.807) is 7.11 Å². The van der Waals surface area contributed by atoms with Gasteiger partial charge in [0.05, 0.1) is 12.6 Å². The van der Waals surface area contributed by atoms with Crippen molar-refractivity contribution in [2.24, 2.45) is 5.92 Å². The summed E-state index contributed by atoms with van der Waals surface area (Å²) in [6, 6.07) is 0.0523. The Morgan fingerprint density at radius 1 is 1.67 bits per heavy atom. The molecule has 0 bridgehead atoms. The van der Waals surface area contributed by atoms with Crippen molar-refractivity contribution in [2.75, 3.05) is 20.3 Å². The van der Waals surface area contributed by atoms with Crippen LogP contribution < -0.4 is 10.6 Å². The molecule has 2 N–H and O–H groups in total. The molecule has 0 aliphatic carbocycles. The number of hydrogen-bond donors (Lipinski definition) is 2. The van der Waals surface area contributed by atoms with Crippen molar-refractivity contribution >= 4 is 5.91 Å². The van der Waals surface area contributed by atoms with Crippen molar-refractivity contribution in [3.63, 3.8) is 0 Å². The fourth-order valence-corrected chi connectivity index (χ4v) is 2.02. The van der Waals surface area contributed by atoms with Gasteiger partial charge in [-0.3, -0.25) is 4.79 Å². The summed E-state index contributed by atoms with van der Waals surface area (Å²) in [4.78, 5) is 11.9. The highest BCUT2D eigenvalue weighted by Crippen LogP contribution is 2.15. The molecule has 1 rings (SSSR count). The lowest BCUT2D eigenvalue weighted by atomic mass is 9.92. The summed E-state index contributed by atoms with van der Waals surface area (Å²) < 4.78 is 4.98. The first-order valence-electron chi connectivity index (χ1n) is 5.68. The molecule has 15 heavy (non-hydrogen) atoms. The minimum atomic E-state index is -0.0296. The molecule has 1 aliphatic heterocycles. The normalized spacial score (nSPS) is 28.5. The van der Waals surface area contributed by atoms with Crippen molar-refractivity contribution in [3.8, 4) is 0 Å². The van der Waals surface area contributed by atoms with Crippen LogP contribution in [0.3, 0.4) is 0 Å². The molecule has 0 spiro atoms. The fraction of sp³-hybridized carbons (Fsp3) is 0.909. The summed E-state index contributed by atoms with van der Waals surface area (Å²) in [6.07, 6.45) is 2.29. The maximum atomic E-state index is 11.9. The van der Waals surface area contributed by atoms with Crippen molar-refractivity contribution in [1.29, 1.82) is 0 Å². The molecule has 0 saturated carbocycles. The molecule has 3 atom stereocenters. The topological polar surface area (TPSA) is 50.4 Å². The van der Waals surface area contributed by atoms with Crippen LogP contribution in [0.4, 0.5) is 0 Å². The Morgan fingerprint density at radius 2 is 2.40 bits per heavy atom. The second-order valence-corrected chi connectivity index (χ2v) is 4.42. The van der Waals surface area contributed by atoms with Crippen molar-refractivity contribution in [1.82, 2.24) is 10.6 Å². The lowest BCUT2D eigenvalue weighted by Crippen LogP contribution is -2.53. The van der Waals surface area contributed by atoms with E-state index in [1.165, 1.54) is 6.42 Å². The van der Waals surface area contributed by atoms with E-state index in [1.807, 2.05) is 6.92 Å². The first kappa shape index (κ1) is 12.5. The molecule has 1 amide bonds. The highest BCUT2D eigenvalue weighted by atomic mass is 16.5. The van der Waals surface area contributed by atoms with Crippen molar-refractivity contribution < 1.29 is 9.53 Å². The van der Waals surface area contributed by atoms with E-state index in [0.29, 0.717) is 12.5 Å². The van der Waals surface area contributed by atoms with Crippen molar-refractivity contribution in [3.05, 3.63) is 0 Å². The van der Waals surface area contributed by atoms with Gasteiger partial charge in [-0.2, -0.15) is 0 Å². The van der Waals surface area contributed by atoms with Crippen LogP contribution in [0.25, 0.3) is 0 Å². The number of amides is 1. The highest BCUT2D eigenvalue weighted by molar-refractivity contribution is 5.82. The maximum absolute atomic E-state index is 11.9. The third kappa shape index (κ3) is 3.80. The van der Waals surface area contributed by atoms with Gasteiger partial charge in [-0.05, 0) is 32.2 Å². The molecular formula is C11H22N2O2. The molecule has 0 aromatic carbocycles. The zero-order valence-electron chi connectivity index (χ0n) is 9.88. The fourth-order valence-electron chi connectivity index (χ4n) is 2.02. The Hall–Kier alpha value is -0.610. The molecule has 88 valence electrons. The van der Waals surface area contributed by atoms with Gasteiger partial charge in [0, 0.05) is 13.2 Å². The zero-order valence-corrected chi connectivity index (χ0v) is 9.88.